The second-order valence-corrected chi connectivity index (χ2v) is 5.93. The van der Waals surface area contributed by atoms with E-state index in [1.165, 1.54) is 50.1 Å². The minimum absolute atomic E-state index is 0.689. The molecule has 0 saturated carbocycles. The van der Waals surface area contributed by atoms with Crippen molar-refractivity contribution < 1.29 is 0 Å². The van der Waals surface area contributed by atoms with Gasteiger partial charge in [-0.25, -0.2) is 0 Å². The van der Waals surface area contributed by atoms with Gasteiger partial charge in [0.1, 0.15) is 0 Å². The van der Waals surface area contributed by atoms with Gasteiger partial charge in [0.05, 0.1) is 0 Å². The number of benzene rings is 1. The molecular weight excluding hydrogens is 232 g/mol. The summed E-state index contributed by atoms with van der Waals surface area (Å²) in [7, 11) is 2.22. The van der Waals surface area contributed by atoms with E-state index in [4.69, 9.17) is 0 Å². The van der Waals surface area contributed by atoms with E-state index in [-0.39, 0.29) is 0 Å². The molecule has 2 heteroatoms. The van der Waals surface area contributed by atoms with E-state index in [9.17, 15) is 0 Å². The van der Waals surface area contributed by atoms with Gasteiger partial charge in [-0.05, 0) is 50.0 Å². The Morgan fingerprint density at radius 3 is 2.47 bits per heavy atom. The molecule has 1 unspecified atom stereocenters. The lowest BCUT2D eigenvalue weighted by atomic mass is 9.96. The molecule has 0 bridgehead atoms. The molecule has 1 aromatic carbocycles. The minimum Gasteiger partial charge on any atom is -0.370 e. The van der Waals surface area contributed by atoms with Crippen LogP contribution in [0.2, 0.25) is 0 Å². The monoisotopic (exact) mass is 260 g/mol. The molecule has 0 radical (unpaired) electrons. The lowest BCUT2D eigenvalue weighted by Gasteiger charge is -2.23. The normalized spacial score (nSPS) is 19.2. The highest BCUT2D eigenvalue weighted by Gasteiger charge is 2.13. The van der Waals surface area contributed by atoms with E-state index < -0.39 is 0 Å². The van der Waals surface area contributed by atoms with Crippen LogP contribution in [-0.4, -0.2) is 38.1 Å². The molecule has 1 aliphatic rings. The molecule has 0 N–H and O–H groups in total. The highest BCUT2D eigenvalue weighted by molar-refractivity contribution is 5.48. The Morgan fingerprint density at radius 2 is 1.79 bits per heavy atom. The molecule has 2 rings (SSSR count). The summed E-state index contributed by atoms with van der Waals surface area (Å²) in [4.78, 5) is 4.95. The van der Waals surface area contributed by atoms with Crippen LogP contribution in [0.25, 0.3) is 0 Å². The Morgan fingerprint density at radius 1 is 1.05 bits per heavy atom. The molecule has 0 aromatic heterocycles. The van der Waals surface area contributed by atoms with Crippen LogP contribution in [0.3, 0.4) is 0 Å². The summed E-state index contributed by atoms with van der Waals surface area (Å²) in [5.74, 6) is 0.689. The highest BCUT2D eigenvalue weighted by atomic mass is 15.2. The fourth-order valence-corrected chi connectivity index (χ4v) is 2.92. The van der Waals surface area contributed by atoms with Gasteiger partial charge in [0, 0.05) is 25.3 Å². The second kappa shape index (κ2) is 6.95. The average molecular weight is 260 g/mol. The topological polar surface area (TPSA) is 6.48 Å². The number of likely N-dealkylation sites (N-methyl/N-ethyl adjacent to an activating group) is 1. The molecule has 2 nitrogen and oxygen atoms in total. The Bertz CT molecular complexity index is 371. The SMILES string of the molecule is CCCC(C)c1ccc(N2CCCN(C)CC2)cc1. The molecular formula is C17H28N2. The molecule has 1 aromatic rings. The van der Waals surface area contributed by atoms with E-state index in [0.29, 0.717) is 5.92 Å². The zero-order valence-electron chi connectivity index (χ0n) is 12.7. The van der Waals surface area contributed by atoms with E-state index in [1.54, 1.807) is 0 Å². The third-order valence-electron chi connectivity index (χ3n) is 4.27. The average Bonchev–Trinajstić information content (AvgIpc) is 2.64. The molecule has 0 aliphatic carbocycles. The molecule has 0 amide bonds. The first-order valence-corrected chi connectivity index (χ1v) is 7.74. The van der Waals surface area contributed by atoms with Crippen LogP contribution in [0.5, 0.6) is 0 Å². The third-order valence-corrected chi connectivity index (χ3v) is 4.27. The predicted molar refractivity (Wildman–Crippen MR) is 84.1 cm³/mol. The van der Waals surface area contributed by atoms with Crippen molar-refractivity contribution in [3.8, 4) is 0 Å². The van der Waals surface area contributed by atoms with Gasteiger partial charge in [0.15, 0.2) is 0 Å². The molecule has 19 heavy (non-hydrogen) atoms. The summed E-state index contributed by atoms with van der Waals surface area (Å²) in [5.41, 5.74) is 2.88. The van der Waals surface area contributed by atoms with Crippen LogP contribution in [0.1, 0.15) is 44.6 Å². The minimum atomic E-state index is 0.689. The summed E-state index contributed by atoms with van der Waals surface area (Å²) < 4.78 is 0. The van der Waals surface area contributed by atoms with Crippen LogP contribution in [0, 0.1) is 0 Å². The Kier molecular flexibility index (Phi) is 5.26. The molecule has 1 saturated heterocycles. The Balaban J connectivity index is 2.01. The van der Waals surface area contributed by atoms with Crippen LogP contribution in [0.15, 0.2) is 24.3 Å². The summed E-state index contributed by atoms with van der Waals surface area (Å²) in [6.07, 6.45) is 3.82. The maximum Gasteiger partial charge on any atom is 0.0366 e. The molecule has 0 spiro atoms. The fourth-order valence-electron chi connectivity index (χ4n) is 2.92. The summed E-state index contributed by atoms with van der Waals surface area (Å²) in [5, 5.41) is 0. The van der Waals surface area contributed by atoms with Crippen molar-refractivity contribution in [1.29, 1.82) is 0 Å². The van der Waals surface area contributed by atoms with Crippen molar-refractivity contribution in [1.82, 2.24) is 4.90 Å². The van der Waals surface area contributed by atoms with Gasteiger partial charge in [-0.2, -0.15) is 0 Å². The molecule has 106 valence electrons. The van der Waals surface area contributed by atoms with Crippen LogP contribution < -0.4 is 4.90 Å². The van der Waals surface area contributed by atoms with Crippen molar-refractivity contribution >= 4 is 5.69 Å². The first-order chi connectivity index (χ1) is 9.20. The summed E-state index contributed by atoms with van der Waals surface area (Å²) in [6, 6.07) is 9.27. The smallest absolute Gasteiger partial charge is 0.0366 e. The van der Waals surface area contributed by atoms with E-state index in [1.807, 2.05) is 0 Å². The van der Waals surface area contributed by atoms with Gasteiger partial charge in [-0.15, -0.1) is 0 Å². The van der Waals surface area contributed by atoms with E-state index in [0.717, 1.165) is 6.54 Å². The standard InChI is InChI=1S/C17H28N2/c1-4-6-15(2)16-7-9-17(10-8-16)19-12-5-11-18(3)13-14-19/h7-10,15H,4-6,11-14H2,1-3H3. The number of nitrogens with zero attached hydrogens (tertiary/aromatic N) is 2. The maximum absolute atomic E-state index is 2.53. The number of rotatable bonds is 4. The van der Waals surface area contributed by atoms with Gasteiger partial charge in [0.25, 0.3) is 0 Å². The number of hydrogen-bond acceptors (Lipinski definition) is 2. The van der Waals surface area contributed by atoms with E-state index in [2.05, 4.69) is 55.0 Å². The summed E-state index contributed by atoms with van der Waals surface area (Å²) in [6.45, 7) is 9.34. The van der Waals surface area contributed by atoms with Gasteiger partial charge in [-0.3, -0.25) is 0 Å². The summed E-state index contributed by atoms with van der Waals surface area (Å²) >= 11 is 0. The molecule has 1 atom stereocenters. The first kappa shape index (κ1) is 14.4. The number of anilines is 1. The molecule has 1 aliphatic heterocycles. The lowest BCUT2D eigenvalue weighted by molar-refractivity contribution is 0.360. The quantitative estimate of drug-likeness (QED) is 0.814. The zero-order chi connectivity index (χ0) is 13.7. The lowest BCUT2D eigenvalue weighted by Crippen LogP contribution is -2.28. The van der Waals surface area contributed by atoms with Crippen LogP contribution >= 0.6 is 0 Å². The third kappa shape index (κ3) is 3.97. The Labute approximate surface area is 118 Å². The fraction of sp³-hybridized carbons (Fsp3) is 0.647. The van der Waals surface area contributed by atoms with Crippen molar-refractivity contribution in [2.75, 3.05) is 38.1 Å². The van der Waals surface area contributed by atoms with Gasteiger partial charge in [0.2, 0.25) is 0 Å². The maximum atomic E-state index is 2.53. The van der Waals surface area contributed by atoms with Crippen molar-refractivity contribution in [2.45, 2.75) is 39.0 Å². The molecule has 1 heterocycles. The van der Waals surface area contributed by atoms with Crippen LogP contribution in [0.4, 0.5) is 5.69 Å². The largest absolute Gasteiger partial charge is 0.370 e. The highest BCUT2D eigenvalue weighted by Crippen LogP contribution is 2.24. The van der Waals surface area contributed by atoms with Crippen molar-refractivity contribution in [3.63, 3.8) is 0 Å². The second-order valence-electron chi connectivity index (χ2n) is 5.93. The van der Waals surface area contributed by atoms with Gasteiger partial charge in [-0.1, -0.05) is 32.4 Å². The van der Waals surface area contributed by atoms with Gasteiger partial charge >= 0.3 is 0 Å². The Hall–Kier alpha value is -1.02. The predicted octanol–water partition coefficient (Wildman–Crippen LogP) is 3.73. The molecule has 1 fully saturated rings. The number of hydrogen-bond donors (Lipinski definition) is 0. The van der Waals surface area contributed by atoms with Gasteiger partial charge < -0.3 is 9.80 Å². The first-order valence-electron chi connectivity index (χ1n) is 7.74. The van der Waals surface area contributed by atoms with E-state index >= 15 is 0 Å². The van der Waals surface area contributed by atoms with Crippen molar-refractivity contribution in [3.05, 3.63) is 29.8 Å². The zero-order valence-corrected chi connectivity index (χ0v) is 12.7. The van der Waals surface area contributed by atoms with Crippen molar-refractivity contribution in [2.24, 2.45) is 0 Å². The van der Waals surface area contributed by atoms with Crippen LogP contribution in [-0.2, 0) is 0 Å².